The Morgan fingerprint density at radius 3 is 2.62 bits per heavy atom. The Balaban J connectivity index is 1.84. The van der Waals surface area contributed by atoms with Crippen molar-refractivity contribution in [3.8, 4) is 0 Å². The molecule has 0 radical (unpaired) electrons. The van der Waals surface area contributed by atoms with E-state index in [1.807, 2.05) is 6.07 Å². The van der Waals surface area contributed by atoms with Crippen LogP contribution >= 0.6 is 27.3 Å². The summed E-state index contributed by atoms with van der Waals surface area (Å²) in [6.45, 7) is -0.159. The molecule has 1 aliphatic carbocycles. The van der Waals surface area contributed by atoms with Crippen LogP contribution in [-0.2, 0) is 16.0 Å². The first-order valence-electron chi connectivity index (χ1n) is 7.31. The highest BCUT2D eigenvalue weighted by Crippen LogP contribution is 2.25. The molecule has 1 aromatic heterocycles. The predicted octanol–water partition coefficient (Wildman–Crippen LogP) is 3.69. The van der Waals surface area contributed by atoms with E-state index in [4.69, 9.17) is 5.11 Å². The van der Waals surface area contributed by atoms with E-state index < -0.39 is 5.97 Å². The molecule has 0 unspecified atom stereocenters. The number of thiophene rings is 1. The fourth-order valence-corrected chi connectivity index (χ4v) is 4.35. The molecule has 1 aromatic rings. The van der Waals surface area contributed by atoms with Gasteiger partial charge in [0.05, 0.1) is 3.79 Å². The molecule has 1 N–H and O–H groups in total. The monoisotopic (exact) mass is 373 g/mol. The average molecular weight is 374 g/mol. The Morgan fingerprint density at radius 2 is 2.05 bits per heavy atom. The van der Waals surface area contributed by atoms with E-state index in [0.29, 0.717) is 6.42 Å². The van der Waals surface area contributed by atoms with E-state index >= 15 is 0 Å². The number of hydrogen-bond acceptors (Lipinski definition) is 3. The minimum Gasteiger partial charge on any atom is -0.480 e. The van der Waals surface area contributed by atoms with Crippen molar-refractivity contribution >= 4 is 39.1 Å². The van der Waals surface area contributed by atoms with E-state index in [-0.39, 0.29) is 18.5 Å². The molecule has 0 saturated heterocycles. The summed E-state index contributed by atoms with van der Waals surface area (Å²) in [6.07, 6.45) is 6.14. The Morgan fingerprint density at radius 1 is 1.33 bits per heavy atom. The highest BCUT2D eigenvalue weighted by Gasteiger charge is 2.27. The molecule has 21 heavy (non-hydrogen) atoms. The topological polar surface area (TPSA) is 57.6 Å². The van der Waals surface area contributed by atoms with E-state index in [1.54, 1.807) is 16.2 Å². The largest absolute Gasteiger partial charge is 0.480 e. The second kappa shape index (κ2) is 7.94. The van der Waals surface area contributed by atoms with Gasteiger partial charge in [-0.15, -0.1) is 11.3 Å². The van der Waals surface area contributed by atoms with E-state index in [9.17, 15) is 9.59 Å². The number of halogens is 1. The minimum atomic E-state index is -0.919. The summed E-state index contributed by atoms with van der Waals surface area (Å²) in [6, 6.07) is 4.20. The molecule has 4 nitrogen and oxygen atoms in total. The first-order chi connectivity index (χ1) is 10.1. The summed E-state index contributed by atoms with van der Waals surface area (Å²) in [7, 11) is 0. The van der Waals surface area contributed by atoms with E-state index in [0.717, 1.165) is 42.3 Å². The summed E-state index contributed by atoms with van der Waals surface area (Å²) in [5.41, 5.74) is 0. The Hall–Kier alpha value is -0.880. The lowest BCUT2D eigenvalue weighted by Gasteiger charge is -2.27. The van der Waals surface area contributed by atoms with Gasteiger partial charge in [0.2, 0.25) is 5.91 Å². The molecule has 0 atom stereocenters. The number of carboxylic acids is 1. The van der Waals surface area contributed by atoms with Crippen LogP contribution in [0.4, 0.5) is 0 Å². The summed E-state index contributed by atoms with van der Waals surface area (Å²) in [5, 5.41) is 9.00. The second-order valence-electron chi connectivity index (χ2n) is 5.41. The average Bonchev–Trinajstić information content (AvgIpc) is 3.07. The SMILES string of the molecule is O=C(O)CN(C(=O)CCCc1ccc(Br)s1)C1CCCC1. The van der Waals surface area contributed by atoms with Crippen LogP contribution in [0.25, 0.3) is 0 Å². The predicted molar refractivity (Wildman–Crippen MR) is 86.6 cm³/mol. The third-order valence-corrected chi connectivity index (χ3v) is 5.52. The molecular weight excluding hydrogens is 354 g/mol. The summed E-state index contributed by atoms with van der Waals surface area (Å²) < 4.78 is 1.10. The Labute approximate surface area is 137 Å². The third-order valence-electron chi connectivity index (χ3n) is 3.83. The van der Waals surface area contributed by atoms with Gasteiger partial charge >= 0.3 is 5.97 Å². The van der Waals surface area contributed by atoms with Crippen molar-refractivity contribution in [2.45, 2.75) is 51.0 Å². The van der Waals surface area contributed by atoms with Gasteiger partial charge in [0.25, 0.3) is 0 Å². The molecule has 1 heterocycles. The van der Waals surface area contributed by atoms with Crippen LogP contribution in [0.1, 0.15) is 43.4 Å². The first kappa shape index (κ1) is 16.5. The van der Waals surface area contributed by atoms with Gasteiger partial charge in [0, 0.05) is 17.3 Å². The molecule has 2 rings (SSSR count). The zero-order chi connectivity index (χ0) is 15.2. The number of aliphatic carboxylic acids is 1. The van der Waals surface area contributed by atoms with Crippen molar-refractivity contribution in [1.29, 1.82) is 0 Å². The van der Waals surface area contributed by atoms with Crippen LogP contribution in [0.2, 0.25) is 0 Å². The maximum Gasteiger partial charge on any atom is 0.323 e. The summed E-state index contributed by atoms with van der Waals surface area (Å²) in [5.74, 6) is -0.933. The normalized spacial score (nSPS) is 15.3. The minimum absolute atomic E-state index is 0.0140. The van der Waals surface area contributed by atoms with Gasteiger partial charge in [-0.3, -0.25) is 9.59 Å². The molecule has 0 aromatic carbocycles. The van der Waals surface area contributed by atoms with Crippen LogP contribution in [0.5, 0.6) is 0 Å². The Kier molecular flexibility index (Phi) is 6.23. The van der Waals surface area contributed by atoms with Crippen LogP contribution in [0.3, 0.4) is 0 Å². The molecule has 0 aliphatic heterocycles. The number of rotatable bonds is 7. The first-order valence-corrected chi connectivity index (χ1v) is 8.92. The highest BCUT2D eigenvalue weighted by molar-refractivity contribution is 9.11. The lowest BCUT2D eigenvalue weighted by molar-refractivity contribution is -0.146. The smallest absolute Gasteiger partial charge is 0.323 e. The van der Waals surface area contributed by atoms with Crippen LogP contribution < -0.4 is 0 Å². The van der Waals surface area contributed by atoms with Crippen LogP contribution in [0.15, 0.2) is 15.9 Å². The summed E-state index contributed by atoms with van der Waals surface area (Å²) >= 11 is 5.11. The van der Waals surface area contributed by atoms with Crippen molar-refractivity contribution in [2.75, 3.05) is 6.54 Å². The van der Waals surface area contributed by atoms with Crippen molar-refractivity contribution in [3.63, 3.8) is 0 Å². The zero-order valence-electron chi connectivity index (χ0n) is 11.9. The van der Waals surface area contributed by atoms with Crippen molar-refractivity contribution in [1.82, 2.24) is 4.90 Å². The van der Waals surface area contributed by atoms with Crippen molar-refractivity contribution in [3.05, 3.63) is 20.8 Å². The van der Waals surface area contributed by atoms with Crippen molar-refractivity contribution in [2.24, 2.45) is 0 Å². The number of aryl methyl sites for hydroxylation is 1. The highest BCUT2D eigenvalue weighted by atomic mass is 79.9. The standard InChI is InChI=1S/C15H20BrNO3S/c16-13-9-8-12(21-13)6-3-7-14(18)17(10-15(19)20)11-4-1-2-5-11/h8-9,11H,1-7,10H2,(H,19,20). The number of hydrogen-bond donors (Lipinski definition) is 1. The van der Waals surface area contributed by atoms with Gasteiger partial charge < -0.3 is 10.0 Å². The number of carbonyl (C=O) groups excluding carboxylic acids is 1. The molecule has 0 spiro atoms. The number of carbonyl (C=O) groups is 2. The zero-order valence-corrected chi connectivity index (χ0v) is 14.3. The van der Waals surface area contributed by atoms with Gasteiger partial charge in [-0.25, -0.2) is 0 Å². The molecule has 1 fully saturated rings. The van der Waals surface area contributed by atoms with Gasteiger partial charge in [-0.1, -0.05) is 12.8 Å². The van der Waals surface area contributed by atoms with Crippen molar-refractivity contribution < 1.29 is 14.7 Å². The van der Waals surface area contributed by atoms with Gasteiger partial charge in [-0.05, 0) is 53.7 Å². The maximum atomic E-state index is 12.3. The van der Waals surface area contributed by atoms with E-state index in [1.165, 1.54) is 4.88 Å². The number of amides is 1. The van der Waals surface area contributed by atoms with Gasteiger partial charge in [0.1, 0.15) is 6.54 Å². The lowest BCUT2D eigenvalue weighted by Crippen LogP contribution is -2.42. The van der Waals surface area contributed by atoms with Gasteiger partial charge in [0.15, 0.2) is 0 Å². The molecule has 116 valence electrons. The van der Waals surface area contributed by atoms with Crippen LogP contribution in [-0.4, -0.2) is 34.5 Å². The van der Waals surface area contributed by atoms with Gasteiger partial charge in [-0.2, -0.15) is 0 Å². The maximum absolute atomic E-state index is 12.3. The number of carboxylic acid groups (broad SMARTS) is 1. The second-order valence-corrected chi connectivity index (χ2v) is 7.96. The fraction of sp³-hybridized carbons (Fsp3) is 0.600. The third kappa shape index (κ3) is 5.11. The van der Waals surface area contributed by atoms with Crippen LogP contribution in [0, 0.1) is 0 Å². The van der Waals surface area contributed by atoms with E-state index in [2.05, 4.69) is 22.0 Å². The molecule has 6 heteroatoms. The quantitative estimate of drug-likeness (QED) is 0.792. The molecule has 1 aliphatic rings. The summed E-state index contributed by atoms with van der Waals surface area (Å²) in [4.78, 5) is 26.1. The fourth-order valence-electron chi connectivity index (χ4n) is 2.83. The Bertz CT molecular complexity index is 497. The molecule has 1 saturated carbocycles. The number of nitrogens with zero attached hydrogens (tertiary/aromatic N) is 1. The molecule has 1 amide bonds. The lowest BCUT2D eigenvalue weighted by atomic mass is 10.1. The molecular formula is C15H20BrNO3S. The molecule has 0 bridgehead atoms.